The highest BCUT2D eigenvalue weighted by atomic mass is 127. The van der Waals surface area contributed by atoms with Crippen molar-refractivity contribution in [2.75, 3.05) is 32.7 Å². The van der Waals surface area contributed by atoms with Gasteiger partial charge in [-0.05, 0) is 31.9 Å². The minimum Gasteiger partial charge on any atom is -0.461 e. The number of halogens is 3. The first-order valence-corrected chi connectivity index (χ1v) is 9.67. The summed E-state index contributed by atoms with van der Waals surface area (Å²) in [5, 5.41) is 7.81. The molecule has 0 saturated carbocycles. The molecule has 5 nitrogen and oxygen atoms in total. The molecule has 1 fully saturated rings. The molecule has 1 aromatic heterocycles. The van der Waals surface area contributed by atoms with Crippen LogP contribution in [0.4, 0.5) is 8.78 Å². The van der Waals surface area contributed by atoms with Gasteiger partial charge >= 0.3 is 0 Å². The van der Waals surface area contributed by atoms with Gasteiger partial charge in [0.1, 0.15) is 11.3 Å². The van der Waals surface area contributed by atoms with Gasteiger partial charge in [0.25, 0.3) is 6.43 Å². The summed E-state index contributed by atoms with van der Waals surface area (Å²) in [6, 6.07) is 10.3. The molecule has 0 radical (unpaired) electrons. The number of alkyl halides is 2. The Bertz CT molecular complexity index is 712. The zero-order valence-electron chi connectivity index (χ0n) is 16.2. The number of piperidine rings is 1. The lowest BCUT2D eigenvalue weighted by Gasteiger charge is -2.32. The van der Waals surface area contributed by atoms with Crippen LogP contribution in [0.2, 0.25) is 0 Å². The van der Waals surface area contributed by atoms with Crippen molar-refractivity contribution in [1.82, 2.24) is 15.5 Å². The summed E-state index contributed by atoms with van der Waals surface area (Å²) in [4.78, 5) is 6.47. The molecule has 1 saturated heterocycles. The molecule has 1 aliphatic heterocycles. The first kappa shape index (κ1) is 22.9. The van der Waals surface area contributed by atoms with Crippen molar-refractivity contribution in [3.8, 4) is 0 Å². The Morgan fingerprint density at radius 3 is 2.71 bits per heavy atom. The zero-order chi connectivity index (χ0) is 19.1. The highest BCUT2D eigenvalue weighted by Crippen LogP contribution is 2.19. The van der Waals surface area contributed by atoms with Gasteiger partial charge in [-0.1, -0.05) is 18.2 Å². The number of nitrogens with one attached hydrogen (secondary N) is 2. The minimum absolute atomic E-state index is 0. The molecule has 0 aliphatic carbocycles. The lowest BCUT2D eigenvalue weighted by atomic mass is 10.1. The Balaban J connectivity index is 0.00000280. The van der Waals surface area contributed by atoms with Gasteiger partial charge < -0.3 is 15.1 Å². The number of benzene rings is 1. The normalized spacial score (nSPS) is 16.4. The summed E-state index contributed by atoms with van der Waals surface area (Å²) in [6.45, 7) is 4.70. The first-order valence-electron chi connectivity index (χ1n) is 9.67. The van der Waals surface area contributed by atoms with E-state index in [4.69, 9.17) is 4.42 Å². The molecule has 1 aromatic carbocycles. The number of para-hydroxylation sites is 1. The van der Waals surface area contributed by atoms with Crippen LogP contribution in [0.5, 0.6) is 0 Å². The van der Waals surface area contributed by atoms with Crippen molar-refractivity contribution in [3.05, 3.63) is 36.1 Å². The van der Waals surface area contributed by atoms with E-state index in [0.29, 0.717) is 19.6 Å². The van der Waals surface area contributed by atoms with Crippen LogP contribution in [0, 0.1) is 0 Å². The quantitative estimate of drug-likeness (QED) is 0.340. The van der Waals surface area contributed by atoms with Crippen LogP contribution in [0.25, 0.3) is 11.0 Å². The minimum atomic E-state index is -2.26. The molecule has 2 heterocycles. The molecular formula is C20H29F2IN4O. The van der Waals surface area contributed by atoms with Gasteiger partial charge in [-0.3, -0.25) is 9.89 Å². The van der Waals surface area contributed by atoms with Crippen molar-refractivity contribution < 1.29 is 13.2 Å². The third-order valence-electron chi connectivity index (χ3n) is 4.77. The van der Waals surface area contributed by atoms with E-state index in [0.717, 1.165) is 48.5 Å². The number of hydrogen-bond donors (Lipinski definition) is 2. The smallest absolute Gasteiger partial charge is 0.251 e. The SMILES string of the molecule is CCNC(=NCCc1cc2ccccc2o1)NC1CCN(CC(F)F)CC1.I. The fraction of sp³-hybridized carbons (Fsp3) is 0.550. The number of rotatable bonds is 7. The second-order valence-corrected chi connectivity index (χ2v) is 6.87. The Morgan fingerprint density at radius 1 is 1.29 bits per heavy atom. The summed E-state index contributed by atoms with van der Waals surface area (Å²) in [7, 11) is 0. The van der Waals surface area contributed by atoms with Gasteiger partial charge in [0.2, 0.25) is 0 Å². The average molecular weight is 506 g/mol. The lowest BCUT2D eigenvalue weighted by Crippen LogP contribution is -2.49. The highest BCUT2D eigenvalue weighted by molar-refractivity contribution is 14.0. The van der Waals surface area contributed by atoms with Crippen molar-refractivity contribution in [3.63, 3.8) is 0 Å². The summed E-state index contributed by atoms with van der Waals surface area (Å²) in [5.74, 6) is 1.71. The number of likely N-dealkylation sites (tertiary alicyclic amines) is 1. The first-order chi connectivity index (χ1) is 13.1. The van der Waals surface area contributed by atoms with Crippen molar-refractivity contribution in [2.45, 2.75) is 38.7 Å². The average Bonchev–Trinajstić information content (AvgIpc) is 3.06. The molecule has 156 valence electrons. The van der Waals surface area contributed by atoms with Crippen LogP contribution in [-0.4, -0.2) is 56.1 Å². The second-order valence-electron chi connectivity index (χ2n) is 6.87. The summed E-state index contributed by atoms with van der Waals surface area (Å²) in [5.41, 5.74) is 0.900. The molecule has 2 aromatic rings. The van der Waals surface area contributed by atoms with Crippen LogP contribution in [0.1, 0.15) is 25.5 Å². The van der Waals surface area contributed by atoms with E-state index in [9.17, 15) is 8.78 Å². The largest absolute Gasteiger partial charge is 0.461 e. The number of hydrogen-bond acceptors (Lipinski definition) is 3. The van der Waals surface area contributed by atoms with Crippen LogP contribution >= 0.6 is 24.0 Å². The monoisotopic (exact) mass is 506 g/mol. The summed E-state index contributed by atoms with van der Waals surface area (Å²) in [6.07, 6.45) is 0.172. The van der Waals surface area contributed by atoms with Crippen molar-refractivity contribution in [1.29, 1.82) is 0 Å². The lowest BCUT2D eigenvalue weighted by molar-refractivity contribution is 0.0744. The van der Waals surface area contributed by atoms with Gasteiger partial charge in [-0.15, -0.1) is 24.0 Å². The molecule has 0 atom stereocenters. The Labute approximate surface area is 182 Å². The van der Waals surface area contributed by atoms with Crippen molar-refractivity contribution >= 4 is 40.9 Å². The van der Waals surface area contributed by atoms with Gasteiger partial charge in [0.15, 0.2) is 5.96 Å². The molecule has 8 heteroatoms. The van der Waals surface area contributed by atoms with E-state index in [-0.39, 0.29) is 36.6 Å². The topological polar surface area (TPSA) is 52.8 Å². The molecule has 0 unspecified atom stereocenters. The van der Waals surface area contributed by atoms with Crippen LogP contribution in [-0.2, 0) is 6.42 Å². The molecule has 1 aliphatic rings. The molecule has 28 heavy (non-hydrogen) atoms. The Morgan fingerprint density at radius 2 is 2.04 bits per heavy atom. The summed E-state index contributed by atoms with van der Waals surface area (Å²) < 4.78 is 30.8. The fourth-order valence-corrected chi connectivity index (χ4v) is 3.41. The van der Waals surface area contributed by atoms with Crippen LogP contribution in [0.15, 0.2) is 39.7 Å². The fourth-order valence-electron chi connectivity index (χ4n) is 3.41. The van der Waals surface area contributed by atoms with E-state index in [2.05, 4.69) is 21.7 Å². The summed E-state index contributed by atoms with van der Waals surface area (Å²) >= 11 is 0. The third kappa shape index (κ3) is 6.88. The van der Waals surface area contributed by atoms with E-state index >= 15 is 0 Å². The maximum absolute atomic E-state index is 12.5. The van der Waals surface area contributed by atoms with E-state index in [1.165, 1.54) is 0 Å². The molecule has 3 rings (SSSR count). The van der Waals surface area contributed by atoms with E-state index < -0.39 is 6.43 Å². The number of aliphatic imine (C=N–C) groups is 1. The molecule has 0 spiro atoms. The van der Waals surface area contributed by atoms with Gasteiger partial charge in [0.05, 0.1) is 6.54 Å². The molecule has 2 N–H and O–H groups in total. The highest BCUT2D eigenvalue weighted by Gasteiger charge is 2.21. The van der Waals surface area contributed by atoms with Crippen LogP contribution in [0.3, 0.4) is 0 Å². The van der Waals surface area contributed by atoms with Gasteiger partial charge in [-0.2, -0.15) is 0 Å². The predicted molar refractivity (Wildman–Crippen MR) is 120 cm³/mol. The third-order valence-corrected chi connectivity index (χ3v) is 4.77. The zero-order valence-corrected chi connectivity index (χ0v) is 18.5. The maximum Gasteiger partial charge on any atom is 0.251 e. The van der Waals surface area contributed by atoms with E-state index in [1.807, 2.05) is 36.1 Å². The molecule has 0 amide bonds. The predicted octanol–water partition coefficient (Wildman–Crippen LogP) is 3.88. The van der Waals surface area contributed by atoms with E-state index in [1.54, 1.807) is 0 Å². The number of guanidine groups is 1. The van der Waals surface area contributed by atoms with Gasteiger partial charge in [-0.25, -0.2) is 8.78 Å². The van der Waals surface area contributed by atoms with Crippen LogP contribution < -0.4 is 10.6 Å². The standard InChI is InChI=1S/C20H28F2N4O.HI/c1-2-23-20(25-16-8-11-26(12-9-16)14-19(21)22)24-10-7-17-13-15-5-3-4-6-18(15)27-17;/h3-6,13,16,19H,2,7-12,14H2,1H3,(H2,23,24,25);1H. The Hall–Kier alpha value is -1.42. The van der Waals surface area contributed by atoms with Crippen molar-refractivity contribution in [2.24, 2.45) is 4.99 Å². The Kier molecular flexibility index (Phi) is 9.43. The number of furan rings is 1. The molecular weight excluding hydrogens is 477 g/mol. The second kappa shape index (κ2) is 11.5. The maximum atomic E-state index is 12.5. The number of fused-ring (bicyclic) bond motifs is 1. The van der Waals surface area contributed by atoms with Gasteiger partial charge in [0, 0.05) is 44.0 Å². The number of nitrogens with zero attached hydrogens (tertiary/aromatic N) is 2. The molecule has 0 bridgehead atoms.